The fourth-order valence-electron chi connectivity index (χ4n) is 3.48. The van der Waals surface area contributed by atoms with Crippen LogP contribution < -0.4 is 5.32 Å². The lowest BCUT2D eigenvalue weighted by Gasteiger charge is -2.30. The average Bonchev–Trinajstić information content (AvgIpc) is 3.27. The van der Waals surface area contributed by atoms with E-state index in [0.29, 0.717) is 18.8 Å². The van der Waals surface area contributed by atoms with E-state index in [1.165, 1.54) is 12.5 Å². The Hall–Kier alpha value is -3.03. The number of hydrogen-bond acceptors (Lipinski definition) is 5. The van der Waals surface area contributed by atoms with Gasteiger partial charge < -0.3 is 15.5 Å². The van der Waals surface area contributed by atoms with Crippen LogP contribution in [0.3, 0.4) is 0 Å². The number of nitrogens with one attached hydrogen (secondary N) is 1. The maximum Gasteiger partial charge on any atom is 0.217 e. The van der Waals surface area contributed by atoms with Crippen LogP contribution in [0.15, 0.2) is 54.7 Å². The van der Waals surface area contributed by atoms with E-state index in [1.807, 2.05) is 42.6 Å². The minimum absolute atomic E-state index is 0.277. The van der Waals surface area contributed by atoms with Gasteiger partial charge in [-0.05, 0) is 42.0 Å². The fourth-order valence-corrected chi connectivity index (χ4v) is 3.48. The zero-order valence-electron chi connectivity index (χ0n) is 18.2. The Balaban J connectivity index is 1.68. The second kappa shape index (κ2) is 9.85. The Labute approximate surface area is 182 Å². The topological polar surface area (TPSA) is 100 Å². The van der Waals surface area contributed by atoms with E-state index in [-0.39, 0.29) is 19.1 Å². The van der Waals surface area contributed by atoms with Gasteiger partial charge >= 0.3 is 0 Å². The average molecular weight is 423 g/mol. The molecule has 0 bridgehead atoms. The van der Waals surface area contributed by atoms with Crippen LogP contribution >= 0.6 is 0 Å². The van der Waals surface area contributed by atoms with Crippen molar-refractivity contribution < 1.29 is 15.0 Å². The van der Waals surface area contributed by atoms with Crippen molar-refractivity contribution in [3.05, 3.63) is 65.9 Å². The molecule has 3 rings (SSSR count). The molecule has 0 aliphatic heterocycles. The lowest BCUT2D eigenvalue weighted by atomic mass is 9.92. The van der Waals surface area contributed by atoms with Crippen LogP contribution in [0, 0.1) is 0 Å². The van der Waals surface area contributed by atoms with E-state index in [4.69, 9.17) is 0 Å². The molecule has 0 saturated heterocycles. The highest BCUT2D eigenvalue weighted by Gasteiger charge is 2.29. The molecule has 3 aromatic rings. The summed E-state index contributed by atoms with van der Waals surface area (Å²) in [6.45, 7) is 5.07. The van der Waals surface area contributed by atoms with Crippen LogP contribution in [-0.4, -0.2) is 49.9 Å². The van der Waals surface area contributed by atoms with Gasteiger partial charge in [0.15, 0.2) is 0 Å². The lowest BCUT2D eigenvalue weighted by Crippen LogP contribution is -2.53. The second-order valence-corrected chi connectivity index (χ2v) is 8.27. The van der Waals surface area contributed by atoms with Crippen LogP contribution in [0.25, 0.3) is 16.9 Å². The number of aromatic nitrogens is 3. The molecule has 1 heterocycles. The second-order valence-electron chi connectivity index (χ2n) is 8.27. The summed E-state index contributed by atoms with van der Waals surface area (Å²) >= 11 is 0. The van der Waals surface area contributed by atoms with Crippen molar-refractivity contribution in [2.75, 3.05) is 13.2 Å². The van der Waals surface area contributed by atoms with Gasteiger partial charge in [-0.15, -0.1) is 5.10 Å². The van der Waals surface area contributed by atoms with Crippen LogP contribution in [0.2, 0.25) is 0 Å². The monoisotopic (exact) mass is 422 g/mol. The van der Waals surface area contributed by atoms with E-state index in [0.717, 1.165) is 22.5 Å². The Morgan fingerprint density at radius 2 is 1.71 bits per heavy atom. The molecule has 0 aliphatic carbocycles. The van der Waals surface area contributed by atoms with E-state index in [2.05, 4.69) is 41.6 Å². The highest BCUT2D eigenvalue weighted by atomic mass is 16.3. The Bertz CT molecular complexity index is 990. The number of aliphatic hydroxyl groups is 2. The van der Waals surface area contributed by atoms with Gasteiger partial charge in [0.25, 0.3) is 0 Å². The van der Waals surface area contributed by atoms with Gasteiger partial charge in [-0.2, -0.15) is 0 Å². The molecule has 0 atom stereocenters. The first-order valence-corrected chi connectivity index (χ1v) is 10.5. The first-order valence-electron chi connectivity index (χ1n) is 10.5. The summed E-state index contributed by atoms with van der Waals surface area (Å²) in [7, 11) is 0. The third kappa shape index (κ3) is 5.57. The maximum absolute atomic E-state index is 11.4. The minimum atomic E-state index is -1.02. The smallest absolute Gasteiger partial charge is 0.217 e. The number of aryl methyl sites for hydroxylation is 1. The summed E-state index contributed by atoms with van der Waals surface area (Å²) in [6, 6.07) is 16.2. The number of aliphatic hydroxyl groups excluding tert-OH is 2. The molecule has 0 spiro atoms. The minimum Gasteiger partial charge on any atom is -0.394 e. The van der Waals surface area contributed by atoms with Gasteiger partial charge in [0, 0.05) is 12.5 Å². The van der Waals surface area contributed by atoms with E-state index in [9.17, 15) is 15.0 Å². The van der Waals surface area contributed by atoms with E-state index >= 15 is 0 Å². The third-order valence-corrected chi connectivity index (χ3v) is 5.51. The van der Waals surface area contributed by atoms with Gasteiger partial charge in [0.1, 0.15) is 5.69 Å². The Kier molecular flexibility index (Phi) is 7.20. The molecule has 1 amide bonds. The van der Waals surface area contributed by atoms with Crippen molar-refractivity contribution in [3.8, 4) is 16.9 Å². The van der Waals surface area contributed by atoms with Crippen molar-refractivity contribution in [1.29, 1.82) is 0 Å². The SMILES string of the molecule is CC(=O)NC(CO)(CO)CCc1ccc(-c2cn(-c3ccc(C(C)C)cc3)nn2)cc1. The van der Waals surface area contributed by atoms with E-state index in [1.54, 1.807) is 4.68 Å². The number of amides is 1. The molecule has 7 heteroatoms. The first-order chi connectivity index (χ1) is 14.9. The molecule has 1 aromatic heterocycles. The lowest BCUT2D eigenvalue weighted by molar-refractivity contribution is -0.122. The summed E-state index contributed by atoms with van der Waals surface area (Å²) in [5.74, 6) is 0.206. The molecule has 31 heavy (non-hydrogen) atoms. The highest BCUT2D eigenvalue weighted by Crippen LogP contribution is 2.22. The van der Waals surface area contributed by atoms with Crippen LogP contribution in [0.5, 0.6) is 0 Å². The maximum atomic E-state index is 11.4. The van der Waals surface area contributed by atoms with Gasteiger partial charge in [-0.3, -0.25) is 4.79 Å². The van der Waals surface area contributed by atoms with Gasteiger partial charge in [-0.25, -0.2) is 4.68 Å². The van der Waals surface area contributed by atoms with Gasteiger partial charge in [0.2, 0.25) is 5.91 Å². The predicted octanol–water partition coefficient (Wildman–Crippen LogP) is 2.85. The van der Waals surface area contributed by atoms with E-state index < -0.39 is 5.54 Å². The Morgan fingerprint density at radius 1 is 1.06 bits per heavy atom. The van der Waals surface area contributed by atoms with Crippen molar-refractivity contribution in [2.45, 2.75) is 45.1 Å². The molecule has 164 valence electrons. The Morgan fingerprint density at radius 3 is 2.26 bits per heavy atom. The molecule has 0 radical (unpaired) electrons. The van der Waals surface area contributed by atoms with Crippen molar-refractivity contribution in [1.82, 2.24) is 20.3 Å². The fraction of sp³-hybridized carbons (Fsp3) is 0.375. The highest BCUT2D eigenvalue weighted by molar-refractivity contribution is 5.73. The quantitative estimate of drug-likeness (QED) is 0.492. The molecule has 0 unspecified atom stereocenters. The summed E-state index contributed by atoms with van der Waals surface area (Å²) in [6.07, 6.45) is 2.94. The van der Waals surface area contributed by atoms with Crippen molar-refractivity contribution in [3.63, 3.8) is 0 Å². The summed E-state index contributed by atoms with van der Waals surface area (Å²) in [5.41, 5.74) is 3.99. The largest absolute Gasteiger partial charge is 0.394 e. The molecule has 7 nitrogen and oxygen atoms in total. The number of carbonyl (C=O) groups is 1. The van der Waals surface area contributed by atoms with Gasteiger partial charge in [-0.1, -0.05) is 55.5 Å². The normalized spacial score (nSPS) is 11.7. The third-order valence-electron chi connectivity index (χ3n) is 5.51. The van der Waals surface area contributed by atoms with Crippen molar-refractivity contribution in [2.24, 2.45) is 0 Å². The molecule has 0 aliphatic rings. The molecule has 2 aromatic carbocycles. The van der Waals surface area contributed by atoms with Gasteiger partial charge in [0.05, 0.1) is 30.6 Å². The predicted molar refractivity (Wildman–Crippen MR) is 120 cm³/mol. The number of hydrogen-bond donors (Lipinski definition) is 3. The molecule has 0 saturated carbocycles. The summed E-state index contributed by atoms with van der Waals surface area (Å²) < 4.78 is 1.76. The van der Waals surface area contributed by atoms with Crippen LogP contribution in [-0.2, 0) is 11.2 Å². The molecular formula is C24H30N4O3. The van der Waals surface area contributed by atoms with Crippen LogP contribution in [0.4, 0.5) is 0 Å². The molecule has 0 fully saturated rings. The first kappa shape index (κ1) is 22.7. The number of benzene rings is 2. The standard InChI is InChI=1S/C24H30N4O3/c1-17(2)20-8-10-22(11-9-20)28-14-23(26-27-28)21-6-4-19(5-7-21)12-13-24(15-29,16-30)25-18(3)31/h4-11,14,17,29-30H,12-13,15-16H2,1-3H3,(H,25,31). The molecular weight excluding hydrogens is 392 g/mol. The molecule has 3 N–H and O–H groups in total. The summed E-state index contributed by atoms with van der Waals surface area (Å²) in [4.78, 5) is 11.4. The summed E-state index contributed by atoms with van der Waals surface area (Å²) in [5, 5.41) is 30.5. The van der Waals surface area contributed by atoms with Crippen LogP contribution in [0.1, 0.15) is 44.2 Å². The van der Waals surface area contributed by atoms with Crippen molar-refractivity contribution >= 4 is 5.91 Å². The number of carbonyl (C=O) groups excluding carboxylic acids is 1. The zero-order chi connectivity index (χ0) is 22.4. The number of nitrogens with zero attached hydrogens (tertiary/aromatic N) is 3. The zero-order valence-corrected chi connectivity index (χ0v) is 18.2. The number of rotatable bonds is 9.